The summed E-state index contributed by atoms with van der Waals surface area (Å²) in [4.78, 5) is 59.9. The number of nitrogens with one attached hydrogen (secondary N) is 2. The number of anilines is 1. The standard InChI is InChI=1S/C16H21N5O6/c1-8(2)6-21-13(17)12(14(24)20(3)16(21)26)10(22)7-27-15(25)9-4-5-11(23)19-18-9/h4,8,18H,5-7,17H2,1-3H3,(H,19,23). The summed E-state index contributed by atoms with van der Waals surface area (Å²) in [6.07, 6.45) is 1.29. The predicted octanol–water partition coefficient (Wildman–Crippen LogP) is -1.58. The summed E-state index contributed by atoms with van der Waals surface area (Å²) in [7, 11) is 1.24. The number of ketones is 1. The average molecular weight is 379 g/mol. The van der Waals surface area contributed by atoms with Crippen LogP contribution in [0, 0.1) is 5.92 Å². The van der Waals surface area contributed by atoms with Crippen molar-refractivity contribution in [3.05, 3.63) is 38.2 Å². The highest BCUT2D eigenvalue weighted by molar-refractivity contribution is 6.02. The van der Waals surface area contributed by atoms with Crippen molar-refractivity contribution < 1.29 is 19.1 Å². The molecule has 0 unspecified atom stereocenters. The van der Waals surface area contributed by atoms with Crippen molar-refractivity contribution in [2.45, 2.75) is 26.8 Å². The SMILES string of the molecule is CC(C)Cn1c(N)c(C(=O)COC(=O)C2=CCC(=O)NN2)c(=O)n(C)c1=O. The first kappa shape index (κ1) is 19.9. The number of amides is 1. The maximum Gasteiger partial charge on any atom is 0.356 e. The highest BCUT2D eigenvalue weighted by atomic mass is 16.5. The van der Waals surface area contributed by atoms with Crippen LogP contribution in [0.5, 0.6) is 0 Å². The molecule has 4 N–H and O–H groups in total. The molecule has 0 atom stereocenters. The summed E-state index contributed by atoms with van der Waals surface area (Å²) in [5, 5.41) is 0. The molecule has 11 heteroatoms. The Morgan fingerprint density at radius 2 is 1.93 bits per heavy atom. The smallest absolute Gasteiger partial charge is 0.356 e. The number of rotatable bonds is 6. The van der Waals surface area contributed by atoms with Crippen molar-refractivity contribution in [1.82, 2.24) is 20.0 Å². The van der Waals surface area contributed by atoms with Crippen molar-refractivity contribution in [2.24, 2.45) is 13.0 Å². The lowest BCUT2D eigenvalue weighted by atomic mass is 10.1. The van der Waals surface area contributed by atoms with Gasteiger partial charge in [-0.1, -0.05) is 13.8 Å². The molecule has 1 aromatic heterocycles. The Kier molecular flexibility index (Phi) is 5.83. The molecule has 0 spiro atoms. The number of nitrogens with zero attached hydrogens (tertiary/aromatic N) is 2. The molecule has 1 aliphatic heterocycles. The van der Waals surface area contributed by atoms with Gasteiger partial charge in [-0.2, -0.15) is 0 Å². The van der Waals surface area contributed by atoms with Crippen LogP contribution in [0.3, 0.4) is 0 Å². The molecule has 0 bridgehead atoms. The van der Waals surface area contributed by atoms with Crippen LogP contribution in [0.4, 0.5) is 5.82 Å². The first-order chi connectivity index (χ1) is 12.6. The number of esters is 1. The van der Waals surface area contributed by atoms with Crippen LogP contribution in [0.1, 0.15) is 30.6 Å². The van der Waals surface area contributed by atoms with Gasteiger partial charge in [-0.3, -0.25) is 34.4 Å². The number of aromatic nitrogens is 2. The summed E-state index contributed by atoms with van der Waals surface area (Å²) >= 11 is 0. The monoisotopic (exact) mass is 379 g/mol. The number of hydrogen-bond acceptors (Lipinski definition) is 8. The van der Waals surface area contributed by atoms with Gasteiger partial charge in [-0.25, -0.2) is 9.59 Å². The third-order valence-corrected chi connectivity index (χ3v) is 3.79. The van der Waals surface area contributed by atoms with E-state index in [-0.39, 0.29) is 36.3 Å². The van der Waals surface area contributed by atoms with Crippen LogP contribution in [-0.4, -0.2) is 33.4 Å². The second-order valence-electron chi connectivity index (χ2n) is 6.41. The van der Waals surface area contributed by atoms with E-state index in [0.717, 1.165) is 9.13 Å². The van der Waals surface area contributed by atoms with Crippen LogP contribution >= 0.6 is 0 Å². The van der Waals surface area contributed by atoms with Gasteiger partial charge in [-0.05, 0) is 12.0 Å². The first-order valence-electron chi connectivity index (χ1n) is 8.18. The van der Waals surface area contributed by atoms with Crippen LogP contribution in [0.2, 0.25) is 0 Å². The number of hydrogen-bond donors (Lipinski definition) is 3. The molecule has 0 radical (unpaired) electrons. The third-order valence-electron chi connectivity index (χ3n) is 3.79. The maximum absolute atomic E-state index is 12.4. The molecular weight excluding hydrogens is 358 g/mol. The largest absolute Gasteiger partial charge is 0.453 e. The number of ether oxygens (including phenoxy) is 1. The second kappa shape index (κ2) is 7.89. The van der Waals surface area contributed by atoms with Crippen molar-refractivity contribution in [3.8, 4) is 0 Å². The molecule has 27 heavy (non-hydrogen) atoms. The van der Waals surface area contributed by atoms with Crippen molar-refractivity contribution in [2.75, 3.05) is 12.3 Å². The van der Waals surface area contributed by atoms with E-state index in [1.807, 2.05) is 13.8 Å². The Labute approximate surface area is 153 Å². The lowest BCUT2D eigenvalue weighted by Gasteiger charge is -2.17. The molecule has 0 aromatic carbocycles. The van der Waals surface area contributed by atoms with Gasteiger partial charge in [0.2, 0.25) is 11.7 Å². The Morgan fingerprint density at radius 3 is 2.48 bits per heavy atom. The number of hydrazine groups is 1. The van der Waals surface area contributed by atoms with Gasteiger partial charge >= 0.3 is 11.7 Å². The van der Waals surface area contributed by atoms with Crippen LogP contribution in [0.25, 0.3) is 0 Å². The Hall–Kier alpha value is -3.37. The average Bonchev–Trinajstić information content (AvgIpc) is 2.62. The van der Waals surface area contributed by atoms with E-state index >= 15 is 0 Å². The molecule has 0 saturated carbocycles. The van der Waals surface area contributed by atoms with Gasteiger partial charge in [0.25, 0.3) is 5.56 Å². The van der Waals surface area contributed by atoms with Gasteiger partial charge in [0, 0.05) is 20.0 Å². The number of carbonyl (C=O) groups excluding carboxylic acids is 3. The zero-order valence-corrected chi connectivity index (χ0v) is 15.2. The van der Waals surface area contributed by atoms with Crippen LogP contribution in [0.15, 0.2) is 21.4 Å². The molecule has 0 fully saturated rings. The third kappa shape index (κ3) is 4.25. The highest BCUT2D eigenvalue weighted by Crippen LogP contribution is 2.09. The minimum absolute atomic E-state index is 0.0148. The summed E-state index contributed by atoms with van der Waals surface area (Å²) < 4.78 is 6.80. The van der Waals surface area contributed by atoms with E-state index in [9.17, 15) is 24.0 Å². The summed E-state index contributed by atoms with van der Waals surface area (Å²) in [6, 6.07) is 0. The molecule has 2 heterocycles. The fourth-order valence-corrected chi connectivity index (χ4v) is 2.44. The molecule has 1 amide bonds. The fourth-order valence-electron chi connectivity index (χ4n) is 2.44. The minimum Gasteiger partial charge on any atom is -0.453 e. The Balaban J connectivity index is 2.24. The van der Waals surface area contributed by atoms with E-state index < -0.39 is 35.2 Å². The highest BCUT2D eigenvalue weighted by Gasteiger charge is 2.24. The Bertz CT molecular complexity index is 940. The normalized spacial score (nSPS) is 13.6. The topological polar surface area (TPSA) is 155 Å². The van der Waals surface area contributed by atoms with Gasteiger partial charge in [0.1, 0.15) is 17.1 Å². The molecule has 1 aliphatic rings. The van der Waals surface area contributed by atoms with E-state index in [4.69, 9.17) is 10.5 Å². The first-order valence-corrected chi connectivity index (χ1v) is 8.18. The van der Waals surface area contributed by atoms with E-state index in [1.165, 1.54) is 13.1 Å². The number of nitrogens with two attached hydrogens (primary N) is 1. The van der Waals surface area contributed by atoms with Crippen molar-refractivity contribution in [3.63, 3.8) is 0 Å². The molecule has 2 rings (SSSR count). The fraction of sp³-hybridized carbons (Fsp3) is 0.438. The zero-order valence-electron chi connectivity index (χ0n) is 15.2. The van der Waals surface area contributed by atoms with Gasteiger partial charge in [0.05, 0.1) is 0 Å². The molecule has 0 saturated heterocycles. The maximum atomic E-state index is 12.4. The summed E-state index contributed by atoms with van der Waals surface area (Å²) in [5.41, 5.74) is 8.52. The number of Topliss-reactive ketones (excluding diaryl/α,β-unsaturated/α-hetero) is 1. The number of nitrogen functional groups attached to an aromatic ring is 1. The van der Waals surface area contributed by atoms with Crippen LogP contribution in [-0.2, 0) is 27.9 Å². The van der Waals surface area contributed by atoms with Crippen LogP contribution < -0.4 is 27.8 Å². The lowest BCUT2D eigenvalue weighted by molar-refractivity contribution is -0.138. The van der Waals surface area contributed by atoms with Gasteiger partial charge in [0.15, 0.2) is 6.61 Å². The summed E-state index contributed by atoms with van der Waals surface area (Å²) in [5.74, 6) is -2.26. The van der Waals surface area contributed by atoms with Gasteiger partial charge in [-0.15, -0.1) is 0 Å². The molecule has 1 aromatic rings. The number of carbonyl (C=O) groups is 3. The van der Waals surface area contributed by atoms with E-state index in [0.29, 0.717) is 0 Å². The second-order valence-corrected chi connectivity index (χ2v) is 6.41. The van der Waals surface area contributed by atoms with Gasteiger partial charge < -0.3 is 10.5 Å². The van der Waals surface area contributed by atoms with E-state index in [2.05, 4.69) is 10.9 Å². The molecule has 0 aliphatic carbocycles. The van der Waals surface area contributed by atoms with E-state index in [1.54, 1.807) is 0 Å². The molecule has 146 valence electrons. The predicted molar refractivity (Wildman–Crippen MR) is 94.5 cm³/mol. The zero-order chi connectivity index (χ0) is 20.3. The lowest BCUT2D eigenvalue weighted by Crippen LogP contribution is -2.44. The Morgan fingerprint density at radius 1 is 1.26 bits per heavy atom. The molecular formula is C16H21N5O6. The quantitative estimate of drug-likeness (QED) is 0.395. The van der Waals surface area contributed by atoms with Crippen molar-refractivity contribution in [1.29, 1.82) is 0 Å². The molecule has 11 nitrogen and oxygen atoms in total. The summed E-state index contributed by atoms with van der Waals surface area (Å²) in [6.45, 7) is 3.17. The van der Waals surface area contributed by atoms with Crippen molar-refractivity contribution >= 4 is 23.5 Å². The minimum atomic E-state index is -0.880.